The zero-order valence-corrected chi connectivity index (χ0v) is 24.6. The van der Waals surface area contributed by atoms with E-state index in [1.165, 1.54) is 30.5 Å². The van der Waals surface area contributed by atoms with Gasteiger partial charge < -0.3 is 19.5 Å². The van der Waals surface area contributed by atoms with Crippen molar-refractivity contribution in [3.63, 3.8) is 0 Å². The van der Waals surface area contributed by atoms with E-state index < -0.39 is 36.3 Å². The fourth-order valence-electron chi connectivity index (χ4n) is 7.56. The van der Waals surface area contributed by atoms with Crippen LogP contribution >= 0.6 is 0 Å². The number of rotatable bonds is 5. The van der Waals surface area contributed by atoms with Gasteiger partial charge in [0.05, 0.1) is 49.7 Å². The number of aryl methyl sites for hydroxylation is 1. The van der Waals surface area contributed by atoms with Crippen LogP contribution in [0.1, 0.15) is 33.1 Å². The molecule has 2 aromatic carbocycles. The molecule has 4 aromatic rings. The summed E-state index contributed by atoms with van der Waals surface area (Å²) in [5.41, 5.74) is 0.398. The number of ether oxygens (including phenoxy) is 2. The summed E-state index contributed by atoms with van der Waals surface area (Å²) in [6.45, 7) is 1.02. The van der Waals surface area contributed by atoms with E-state index in [4.69, 9.17) is 28.6 Å². The van der Waals surface area contributed by atoms with E-state index in [1.54, 1.807) is 11.8 Å². The van der Waals surface area contributed by atoms with Crippen LogP contribution in [0.4, 0.5) is 19.0 Å². The number of terminal acetylenes is 1. The molecule has 5 heterocycles. The number of nitrogens with zero attached hydrogens (tertiary/aromatic N) is 5. The number of benzene rings is 2. The van der Waals surface area contributed by atoms with Crippen LogP contribution in [0.25, 0.3) is 32.9 Å². The van der Waals surface area contributed by atoms with Gasteiger partial charge in [0.25, 0.3) is 0 Å². The van der Waals surface area contributed by atoms with Crippen LogP contribution in [-0.2, 0) is 4.74 Å². The van der Waals surface area contributed by atoms with E-state index in [1.807, 2.05) is 4.90 Å². The predicted octanol–water partition coefficient (Wildman–Crippen LogP) is 5.11. The summed E-state index contributed by atoms with van der Waals surface area (Å²) >= 11 is 0. The maximum Gasteiger partial charge on any atom is 0.319 e. The van der Waals surface area contributed by atoms with Gasteiger partial charge in [-0.05, 0) is 49.9 Å². The Bertz CT molecular complexity index is 1990. The number of aromatic hydroxyl groups is 1. The molecule has 3 saturated heterocycles. The molecule has 8 nitrogen and oxygen atoms in total. The molecule has 0 radical (unpaired) electrons. The topological polar surface area (TPSA) is 83.8 Å². The summed E-state index contributed by atoms with van der Waals surface area (Å²) in [7, 11) is 0. The third kappa shape index (κ3) is 4.49. The summed E-state index contributed by atoms with van der Waals surface area (Å²) in [6.07, 6.45) is 6.07. The number of hydrogen-bond donors (Lipinski definition) is 1. The third-order valence-electron chi connectivity index (χ3n) is 9.77. The largest absolute Gasteiger partial charge is 0.508 e. The number of phenolic OH excluding ortho intramolecular Hbond substituents is 1. The minimum Gasteiger partial charge on any atom is -0.508 e. The highest BCUT2D eigenvalue weighted by Crippen LogP contribution is 2.46. The first kappa shape index (κ1) is 26.1. The van der Waals surface area contributed by atoms with E-state index in [2.05, 4.69) is 10.9 Å². The van der Waals surface area contributed by atoms with Gasteiger partial charge in [0.1, 0.15) is 36.3 Å². The minimum absolute atomic E-state index is 0.0110. The van der Waals surface area contributed by atoms with Crippen LogP contribution in [0, 0.1) is 31.0 Å². The fourth-order valence-corrected chi connectivity index (χ4v) is 7.56. The van der Waals surface area contributed by atoms with Gasteiger partial charge in [-0.2, -0.15) is 9.97 Å². The Kier molecular flexibility index (Phi) is 6.07. The molecule has 1 saturated carbocycles. The molecule has 1 N–H and O–H groups in total. The molecule has 45 heavy (non-hydrogen) atoms. The Morgan fingerprint density at radius 3 is 2.98 bits per heavy atom. The maximum absolute atomic E-state index is 15.0. The Balaban J connectivity index is 1.32. The molecule has 3 aliphatic heterocycles. The van der Waals surface area contributed by atoms with Crippen LogP contribution < -0.4 is 9.64 Å². The molecule has 4 aliphatic rings. The predicted molar refractivity (Wildman–Crippen MR) is 163 cm³/mol. The van der Waals surface area contributed by atoms with Crippen LogP contribution in [0.3, 0.4) is 0 Å². The second kappa shape index (κ2) is 10.5. The average molecular weight is 618 g/mol. The van der Waals surface area contributed by atoms with Crippen molar-refractivity contribution < 1.29 is 30.5 Å². The van der Waals surface area contributed by atoms with Crippen LogP contribution in [0.15, 0.2) is 30.5 Å². The van der Waals surface area contributed by atoms with E-state index in [-0.39, 0.29) is 42.8 Å². The number of anilines is 1. The molecule has 0 spiro atoms. The van der Waals surface area contributed by atoms with E-state index in [9.17, 15) is 13.9 Å². The molecule has 232 valence electrons. The Labute approximate surface area is 261 Å². The monoisotopic (exact) mass is 617 g/mol. The fraction of sp³-hybridized carbons (Fsp3) is 0.441. The van der Waals surface area contributed by atoms with Gasteiger partial charge in [0, 0.05) is 48.1 Å². The van der Waals surface area contributed by atoms with Gasteiger partial charge in [-0.3, -0.25) is 9.88 Å². The first-order valence-electron chi connectivity index (χ1n) is 16.2. The lowest BCUT2D eigenvalue weighted by molar-refractivity contribution is 0.107. The number of pyridine rings is 1. The smallest absolute Gasteiger partial charge is 0.319 e. The van der Waals surface area contributed by atoms with Crippen molar-refractivity contribution in [2.24, 2.45) is 5.92 Å². The zero-order chi connectivity index (χ0) is 32.8. The quantitative estimate of drug-likeness (QED) is 0.310. The van der Waals surface area contributed by atoms with E-state index in [0.717, 1.165) is 0 Å². The second-order valence-electron chi connectivity index (χ2n) is 12.4. The standard InChI is InChI=1S/C34H32F3N5O3/c1-3-22-26(36)6-5-19-11-21(43)12-23(27(19)22)29-18(2)30-24(14-38-29)32(42-9-10-44-16-25-28(37)31(25)42)40-33(39-30)45-17-34-7-4-8-41(34)15-20(35)13-34/h1,5-6,11-12,14,20,25,28,31,43H,4,7-10,13,15-17H2,2H3/t20-,25+,28+,31+,34+/m1/s1/i17D2. The number of fused-ring (bicyclic) bond motifs is 4. The Morgan fingerprint density at radius 1 is 1.27 bits per heavy atom. The average Bonchev–Trinajstić information content (AvgIpc) is 3.39. The molecular weight excluding hydrogens is 583 g/mol. The van der Waals surface area contributed by atoms with Crippen molar-refractivity contribution in [1.29, 1.82) is 0 Å². The molecule has 0 bridgehead atoms. The second-order valence-corrected chi connectivity index (χ2v) is 12.4. The molecular formula is C34H32F3N5O3. The highest BCUT2D eigenvalue weighted by atomic mass is 19.1. The SMILES string of the molecule is [2H]C([2H])(Oc1nc(N2CCOC[C@H]3[C@H](F)[C@H]32)c2cnc(-c3cc(O)cc4ccc(F)c(C#C)c34)c(C)c2n1)[C@@]12CCCN1C[C@H](F)C2. The van der Waals surface area contributed by atoms with Crippen molar-refractivity contribution in [3.05, 3.63) is 47.4 Å². The highest BCUT2D eigenvalue weighted by Gasteiger charge is 2.56. The molecule has 2 aromatic heterocycles. The van der Waals surface area contributed by atoms with Gasteiger partial charge in [-0.15, -0.1) is 6.42 Å². The van der Waals surface area contributed by atoms with Gasteiger partial charge >= 0.3 is 6.01 Å². The van der Waals surface area contributed by atoms with Crippen molar-refractivity contribution >= 4 is 27.5 Å². The van der Waals surface area contributed by atoms with Crippen molar-refractivity contribution in [2.45, 2.75) is 50.1 Å². The first-order valence-corrected chi connectivity index (χ1v) is 15.2. The molecule has 0 unspecified atom stereocenters. The van der Waals surface area contributed by atoms with Crippen molar-refractivity contribution in [1.82, 2.24) is 19.9 Å². The zero-order valence-electron chi connectivity index (χ0n) is 26.6. The van der Waals surface area contributed by atoms with Crippen LogP contribution in [-0.4, -0.2) is 88.3 Å². The lowest BCUT2D eigenvalue weighted by atomic mass is 9.94. The third-order valence-corrected chi connectivity index (χ3v) is 9.77. The number of aromatic nitrogens is 3. The van der Waals surface area contributed by atoms with E-state index >= 15 is 4.39 Å². The Hall–Kier alpha value is -4.14. The molecule has 5 atom stereocenters. The molecule has 4 fully saturated rings. The number of phenols is 1. The normalized spacial score (nSPS) is 28.7. The summed E-state index contributed by atoms with van der Waals surface area (Å²) < 4.78 is 74.5. The first-order chi connectivity index (χ1) is 22.5. The van der Waals surface area contributed by atoms with Crippen LogP contribution in [0.5, 0.6) is 11.8 Å². The minimum atomic E-state index is -2.35. The van der Waals surface area contributed by atoms with Crippen LogP contribution in [0.2, 0.25) is 0 Å². The van der Waals surface area contributed by atoms with Crippen molar-refractivity contribution in [2.75, 3.05) is 44.3 Å². The van der Waals surface area contributed by atoms with Gasteiger partial charge in [-0.1, -0.05) is 12.0 Å². The molecule has 8 rings (SSSR count). The van der Waals surface area contributed by atoms with E-state index in [0.29, 0.717) is 76.9 Å². The summed E-state index contributed by atoms with van der Waals surface area (Å²) in [5.74, 6) is 1.72. The summed E-state index contributed by atoms with van der Waals surface area (Å²) in [5, 5.41) is 12.0. The number of halogens is 3. The molecule has 1 aliphatic carbocycles. The highest BCUT2D eigenvalue weighted by molar-refractivity contribution is 6.04. The summed E-state index contributed by atoms with van der Waals surface area (Å²) in [6, 6.07) is 4.93. The number of alkyl halides is 2. The lowest BCUT2D eigenvalue weighted by Gasteiger charge is -2.31. The van der Waals surface area contributed by atoms with Gasteiger partial charge in [0.2, 0.25) is 0 Å². The van der Waals surface area contributed by atoms with Crippen molar-refractivity contribution in [3.8, 4) is 35.4 Å². The number of hydrogen-bond acceptors (Lipinski definition) is 8. The Morgan fingerprint density at radius 2 is 2.13 bits per heavy atom. The van der Waals surface area contributed by atoms with Gasteiger partial charge in [0.15, 0.2) is 0 Å². The van der Waals surface area contributed by atoms with Gasteiger partial charge in [-0.25, -0.2) is 13.2 Å². The molecule has 11 heteroatoms. The summed E-state index contributed by atoms with van der Waals surface area (Å²) in [4.78, 5) is 17.7. The maximum atomic E-state index is 15.0. The molecule has 0 amide bonds. The lowest BCUT2D eigenvalue weighted by Crippen LogP contribution is -2.43.